The summed E-state index contributed by atoms with van der Waals surface area (Å²) in [4.78, 5) is 1.32. The van der Waals surface area contributed by atoms with Gasteiger partial charge in [0.1, 0.15) is 6.04 Å². The van der Waals surface area contributed by atoms with Crippen molar-refractivity contribution in [2.75, 3.05) is 7.05 Å². The number of likely N-dealkylation sites (N-methyl/N-ethyl adjacent to an activating group) is 1. The van der Waals surface area contributed by atoms with Crippen molar-refractivity contribution in [3.63, 3.8) is 0 Å². The van der Waals surface area contributed by atoms with Crippen LogP contribution in [0.1, 0.15) is 34.6 Å². The lowest BCUT2D eigenvalue weighted by molar-refractivity contribution is -0.193. The molecule has 0 aliphatic carbocycles. The molecule has 0 aromatic heterocycles. The number of hydrogen-bond donors (Lipinski definition) is 1. The minimum atomic E-state index is -4.29. The van der Waals surface area contributed by atoms with Gasteiger partial charge in [0.05, 0.1) is 0 Å². The Kier molecular flexibility index (Phi) is 4.83. The zero-order chi connectivity index (χ0) is 13.3. The van der Waals surface area contributed by atoms with Crippen LogP contribution in [0.3, 0.4) is 0 Å². The van der Waals surface area contributed by atoms with Gasteiger partial charge in [-0.1, -0.05) is 20.8 Å². The van der Waals surface area contributed by atoms with E-state index in [1.54, 1.807) is 6.92 Å². The molecule has 0 aromatic rings. The first-order valence-corrected chi connectivity index (χ1v) is 5.43. The summed E-state index contributed by atoms with van der Waals surface area (Å²) < 4.78 is 38.5. The van der Waals surface area contributed by atoms with E-state index in [1.165, 1.54) is 18.9 Å². The van der Waals surface area contributed by atoms with Crippen LogP contribution >= 0.6 is 0 Å². The summed E-state index contributed by atoms with van der Waals surface area (Å²) in [5, 5.41) is 0. The van der Waals surface area contributed by atoms with Crippen LogP contribution in [-0.2, 0) is 0 Å². The topological polar surface area (TPSA) is 29.3 Å². The van der Waals surface area contributed by atoms with Crippen molar-refractivity contribution < 1.29 is 13.2 Å². The molecule has 5 heteroatoms. The number of hydrogen-bond acceptors (Lipinski definition) is 2. The quantitative estimate of drug-likeness (QED) is 0.821. The van der Waals surface area contributed by atoms with E-state index in [2.05, 4.69) is 0 Å². The molecule has 0 radical (unpaired) electrons. The Morgan fingerprint density at radius 2 is 1.44 bits per heavy atom. The molecule has 0 rings (SSSR count). The Morgan fingerprint density at radius 1 is 1.06 bits per heavy atom. The highest BCUT2D eigenvalue weighted by atomic mass is 19.4. The van der Waals surface area contributed by atoms with Crippen LogP contribution in [0.2, 0.25) is 0 Å². The second-order valence-electron chi connectivity index (χ2n) is 5.55. The molecule has 16 heavy (non-hydrogen) atoms. The molecule has 2 N–H and O–H groups in total. The van der Waals surface area contributed by atoms with Gasteiger partial charge in [-0.2, -0.15) is 13.2 Å². The highest BCUT2D eigenvalue weighted by molar-refractivity contribution is 4.90. The molecule has 3 atom stereocenters. The second kappa shape index (κ2) is 4.92. The Bertz CT molecular complexity index is 218. The summed E-state index contributed by atoms with van der Waals surface area (Å²) in [6.45, 7) is 8.94. The largest absolute Gasteiger partial charge is 0.405 e. The van der Waals surface area contributed by atoms with Crippen LogP contribution in [0.5, 0.6) is 0 Å². The second-order valence-corrected chi connectivity index (χ2v) is 5.55. The monoisotopic (exact) mass is 240 g/mol. The Hall–Kier alpha value is -0.290. The first kappa shape index (κ1) is 15.7. The predicted molar refractivity (Wildman–Crippen MR) is 60.2 cm³/mol. The first-order chi connectivity index (χ1) is 6.89. The molecule has 0 spiro atoms. The fourth-order valence-corrected chi connectivity index (χ4v) is 1.75. The van der Waals surface area contributed by atoms with Crippen molar-refractivity contribution in [3.8, 4) is 0 Å². The fraction of sp³-hybridized carbons (Fsp3) is 1.00. The van der Waals surface area contributed by atoms with Crippen LogP contribution in [0.15, 0.2) is 0 Å². The Morgan fingerprint density at radius 3 is 1.62 bits per heavy atom. The Balaban J connectivity index is 4.97. The summed E-state index contributed by atoms with van der Waals surface area (Å²) in [6.07, 6.45) is -4.29. The molecule has 0 aliphatic heterocycles. The minimum Gasteiger partial charge on any atom is -0.326 e. The number of halogens is 3. The third-order valence-electron chi connectivity index (χ3n) is 3.14. The molecule has 0 amide bonds. The molecule has 0 saturated heterocycles. The molecule has 2 nitrogen and oxygen atoms in total. The smallest absolute Gasteiger partial charge is 0.326 e. The molecule has 0 fully saturated rings. The lowest BCUT2D eigenvalue weighted by atomic mass is 9.86. The van der Waals surface area contributed by atoms with Gasteiger partial charge in [-0.15, -0.1) is 0 Å². The Labute approximate surface area is 96.0 Å². The zero-order valence-corrected chi connectivity index (χ0v) is 10.9. The standard InChI is InChI=1S/C11H23F3N2/c1-7(15)9(11(12,13)14)16(6)8(2)10(3,4)5/h7-9H,15H2,1-6H3. The maximum atomic E-state index is 12.8. The van der Waals surface area contributed by atoms with E-state index in [0.29, 0.717) is 0 Å². The van der Waals surface area contributed by atoms with Gasteiger partial charge in [0.2, 0.25) is 0 Å². The molecule has 0 aliphatic rings. The normalized spacial score (nSPS) is 19.7. The van der Waals surface area contributed by atoms with E-state index >= 15 is 0 Å². The summed E-state index contributed by atoms with van der Waals surface area (Å²) in [7, 11) is 1.48. The average Bonchev–Trinajstić information content (AvgIpc) is 1.97. The molecule has 98 valence electrons. The van der Waals surface area contributed by atoms with Gasteiger partial charge in [0.15, 0.2) is 0 Å². The lowest BCUT2D eigenvalue weighted by Crippen LogP contribution is -2.58. The van der Waals surface area contributed by atoms with E-state index in [1.807, 2.05) is 20.8 Å². The molecule has 0 heterocycles. The van der Waals surface area contributed by atoms with Crippen LogP contribution in [0.4, 0.5) is 13.2 Å². The number of rotatable bonds is 3. The van der Waals surface area contributed by atoms with Crippen molar-refractivity contribution >= 4 is 0 Å². The number of nitrogens with two attached hydrogens (primary N) is 1. The summed E-state index contributed by atoms with van der Waals surface area (Å²) >= 11 is 0. The van der Waals surface area contributed by atoms with Crippen molar-refractivity contribution in [3.05, 3.63) is 0 Å². The van der Waals surface area contributed by atoms with Gasteiger partial charge in [-0.05, 0) is 26.3 Å². The van der Waals surface area contributed by atoms with Crippen molar-refractivity contribution in [2.24, 2.45) is 11.1 Å². The van der Waals surface area contributed by atoms with Gasteiger partial charge < -0.3 is 5.73 Å². The third kappa shape index (κ3) is 3.94. The zero-order valence-electron chi connectivity index (χ0n) is 10.9. The molecular weight excluding hydrogens is 217 g/mol. The summed E-state index contributed by atoms with van der Waals surface area (Å²) in [5.41, 5.74) is 5.23. The van der Waals surface area contributed by atoms with E-state index in [4.69, 9.17) is 5.73 Å². The maximum Gasteiger partial charge on any atom is 0.405 e. The SMILES string of the molecule is CC(N)C(N(C)C(C)C(C)(C)C)C(F)(F)F. The van der Waals surface area contributed by atoms with Gasteiger partial charge in [0, 0.05) is 12.1 Å². The first-order valence-electron chi connectivity index (χ1n) is 5.43. The van der Waals surface area contributed by atoms with Crippen LogP contribution in [-0.4, -0.2) is 36.2 Å². The summed E-state index contributed by atoms with van der Waals surface area (Å²) in [6, 6.07) is -2.73. The third-order valence-corrected chi connectivity index (χ3v) is 3.14. The van der Waals surface area contributed by atoms with Gasteiger partial charge in [-0.25, -0.2) is 0 Å². The number of alkyl halides is 3. The van der Waals surface area contributed by atoms with E-state index in [-0.39, 0.29) is 11.5 Å². The minimum absolute atomic E-state index is 0.204. The van der Waals surface area contributed by atoms with Gasteiger partial charge in [0.25, 0.3) is 0 Å². The van der Waals surface area contributed by atoms with Crippen molar-refractivity contribution in [2.45, 2.75) is 58.9 Å². The maximum absolute atomic E-state index is 12.8. The van der Waals surface area contributed by atoms with E-state index in [0.717, 1.165) is 0 Å². The molecule has 0 aromatic carbocycles. The van der Waals surface area contributed by atoms with Gasteiger partial charge in [-0.3, -0.25) is 4.90 Å². The van der Waals surface area contributed by atoms with Crippen LogP contribution in [0, 0.1) is 5.41 Å². The lowest BCUT2D eigenvalue weighted by Gasteiger charge is -2.42. The molecule has 0 bridgehead atoms. The van der Waals surface area contributed by atoms with E-state index in [9.17, 15) is 13.2 Å². The summed E-state index contributed by atoms with van der Waals surface area (Å²) in [5.74, 6) is 0. The highest BCUT2D eigenvalue weighted by Crippen LogP contribution is 2.31. The highest BCUT2D eigenvalue weighted by Gasteiger charge is 2.47. The number of nitrogens with zero attached hydrogens (tertiary/aromatic N) is 1. The molecular formula is C11H23F3N2. The van der Waals surface area contributed by atoms with Crippen LogP contribution < -0.4 is 5.73 Å². The molecule has 0 saturated carbocycles. The van der Waals surface area contributed by atoms with Crippen LogP contribution in [0.25, 0.3) is 0 Å². The van der Waals surface area contributed by atoms with E-state index < -0.39 is 18.3 Å². The fourth-order valence-electron chi connectivity index (χ4n) is 1.75. The van der Waals surface area contributed by atoms with Crippen molar-refractivity contribution in [1.29, 1.82) is 0 Å². The van der Waals surface area contributed by atoms with Crippen molar-refractivity contribution in [1.82, 2.24) is 4.90 Å². The average molecular weight is 240 g/mol. The molecule has 3 unspecified atom stereocenters. The van der Waals surface area contributed by atoms with Gasteiger partial charge >= 0.3 is 6.18 Å². The predicted octanol–water partition coefficient (Wildman–Crippen LogP) is 2.63.